The van der Waals surface area contributed by atoms with E-state index in [4.69, 9.17) is 4.74 Å². The third-order valence-corrected chi connectivity index (χ3v) is 9.75. The zero-order chi connectivity index (χ0) is 29.2. The first-order valence-electron chi connectivity index (χ1n) is 14.2. The van der Waals surface area contributed by atoms with Gasteiger partial charge in [0.05, 0.1) is 24.4 Å². The molecule has 7 rings (SSSR count). The van der Waals surface area contributed by atoms with Gasteiger partial charge in [-0.25, -0.2) is 0 Å². The summed E-state index contributed by atoms with van der Waals surface area (Å²) < 4.78 is 5.76. The minimum atomic E-state index is -1.34. The van der Waals surface area contributed by atoms with E-state index >= 15 is 0 Å². The van der Waals surface area contributed by atoms with Crippen LogP contribution in [0.2, 0.25) is 0 Å². The Morgan fingerprint density at radius 2 is 1.60 bits per heavy atom. The molecule has 1 heterocycles. The maximum Gasteiger partial charge on any atom is 0.231 e. The van der Waals surface area contributed by atoms with Crippen molar-refractivity contribution in [2.45, 2.75) is 24.2 Å². The fourth-order valence-corrected chi connectivity index (χ4v) is 8.07. The van der Waals surface area contributed by atoms with E-state index in [0.717, 1.165) is 5.57 Å². The Kier molecular flexibility index (Phi) is 6.01. The molecule has 0 aromatic heterocycles. The van der Waals surface area contributed by atoms with Gasteiger partial charge in [0.25, 0.3) is 0 Å². The smallest absolute Gasteiger partial charge is 0.231 e. The van der Waals surface area contributed by atoms with Gasteiger partial charge in [0.1, 0.15) is 11.5 Å². The monoisotopic (exact) mass is 559 g/mol. The average Bonchev–Trinajstić information content (AvgIpc) is 3.31. The molecule has 0 radical (unpaired) electrons. The number of ether oxygens (including phenoxy) is 1. The van der Waals surface area contributed by atoms with Gasteiger partial charge >= 0.3 is 0 Å². The fourth-order valence-electron chi connectivity index (χ4n) is 8.07. The van der Waals surface area contributed by atoms with Crippen molar-refractivity contribution in [3.63, 3.8) is 0 Å². The standard InChI is InChI=1S/C35H29NO6/c1-42-28-16-21(37)12-13-23(28)31-22-14-15-24-30(34(41)36-33(24)40)26(22)17-27-32(39)25(19-8-4-2-5-9-19)18-29(38)35(27,31)20-10-6-3-7-11-20/h2-14,16,18,24,26-27,30-31,37H,15,17H2,1H3,(H,36,40,41)/t24-,26+,27-,30-,31+,35-/m0/s1. The number of ketones is 2. The Labute approximate surface area is 242 Å². The quantitative estimate of drug-likeness (QED) is 0.360. The maximum atomic E-state index is 14.9. The SMILES string of the molecule is COc1cc(O)ccc1[C@H]1C2=CC[C@@H]3C(=O)NC(=O)[C@@H]3[C@@H]2C[C@H]2C(=O)C(c3ccccc3)=CC(=O)[C@@]12c1ccccc1. The number of hydrogen-bond donors (Lipinski definition) is 2. The lowest BCUT2D eigenvalue weighted by atomic mass is 9.44. The van der Waals surface area contributed by atoms with Crippen molar-refractivity contribution in [1.29, 1.82) is 0 Å². The molecule has 0 bridgehead atoms. The van der Waals surface area contributed by atoms with Gasteiger partial charge in [-0.05, 0) is 42.0 Å². The van der Waals surface area contributed by atoms with Crippen LogP contribution in [-0.2, 0) is 24.6 Å². The highest BCUT2D eigenvalue weighted by atomic mass is 16.5. The Balaban J connectivity index is 1.55. The van der Waals surface area contributed by atoms with E-state index in [1.54, 1.807) is 12.1 Å². The molecule has 7 nitrogen and oxygen atoms in total. The maximum absolute atomic E-state index is 14.9. The van der Waals surface area contributed by atoms with Crippen molar-refractivity contribution in [1.82, 2.24) is 5.32 Å². The summed E-state index contributed by atoms with van der Waals surface area (Å²) >= 11 is 0. The average molecular weight is 560 g/mol. The van der Waals surface area contributed by atoms with Crippen LogP contribution < -0.4 is 10.1 Å². The van der Waals surface area contributed by atoms with Crippen molar-refractivity contribution in [3.8, 4) is 11.5 Å². The molecular weight excluding hydrogens is 530 g/mol. The number of phenolic OH excluding ortho intramolecular Hbond substituents is 1. The van der Waals surface area contributed by atoms with Crippen LogP contribution in [0, 0.1) is 23.7 Å². The van der Waals surface area contributed by atoms with E-state index in [1.807, 2.05) is 66.7 Å². The first-order valence-corrected chi connectivity index (χ1v) is 14.2. The zero-order valence-electron chi connectivity index (χ0n) is 22.9. The normalized spacial score (nSPS) is 30.0. The molecule has 2 amide bonds. The first kappa shape index (κ1) is 26.1. The summed E-state index contributed by atoms with van der Waals surface area (Å²) in [4.78, 5) is 55.6. The largest absolute Gasteiger partial charge is 0.508 e. The number of fused-ring (bicyclic) bond motifs is 4. The van der Waals surface area contributed by atoms with E-state index in [2.05, 4.69) is 5.32 Å². The number of Topliss-reactive ketones (excluding diaryl/α,β-unsaturated/α-hetero) is 1. The highest BCUT2D eigenvalue weighted by Crippen LogP contribution is 2.64. The van der Waals surface area contributed by atoms with Crippen molar-refractivity contribution in [2.75, 3.05) is 7.11 Å². The molecule has 1 saturated heterocycles. The summed E-state index contributed by atoms with van der Waals surface area (Å²) in [6, 6.07) is 23.3. The molecule has 0 spiro atoms. The van der Waals surface area contributed by atoms with Crippen LogP contribution in [0.4, 0.5) is 0 Å². The molecule has 1 saturated carbocycles. The van der Waals surface area contributed by atoms with Crippen molar-refractivity contribution >= 4 is 29.0 Å². The second kappa shape index (κ2) is 9.65. The molecule has 3 aromatic carbocycles. The van der Waals surface area contributed by atoms with Crippen LogP contribution in [0.1, 0.15) is 35.4 Å². The number of phenols is 1. The number of allylic oxidation sites excluding steroid dienone is 4. The van der Waals surface area contributed by atoms with E-state index in [1.165, 1.54) is 19.3 Å². The Hall–Kier alpha value is -4.78. The van der Waals surface area contributed by atoms with Crippen molar-refractivity contribution in [2.24, 2.45) is 23.7 Å². The van der Waals surface area contributed by atoms with Crippen LogP contribution in [0.25, 0.3) is 5.57 Å². The number of imide groups is 1. The van der Waals surface area contributed by atoms with E-state index in [-0.39, 0.29) is 35.6 Å². The number of amides is 2. The Morgan fingerprint density at radius 1 is 0.881 bits per heavy atom. The molecule has 1 aliphatic heterocycles. The number of rotatable bonds is 4. The van der Waals surface area contributed by atoms with Crippen LogP contribution in [0.3, 0.4) is 0 Å². The molecule has 0 unspecified atom stereocenters. The summed E-state index contributed by atoms with van der Waals surface area (Å²) in [6.45, 7) is 0. The van der Waals surface area contributed by atoms with Gasteiger partial charge in [0, 0.05) is 29.0 Å². The van der Waals surface area contributed by atoms with Gasteiger partial charge in [-0.1, -0.05) is 78.4 Å². The number of methoxy groups -OCH3 is 1. The summed E-state index contributed by atoms with van der Waals surface area (Å²) in [7, 11) is 1.50. The van der Waals surface area contributed by atoms with Crippen LogP contribution in [-0.4, -0.2) is 35.6 Å². The van der Waals surface area contributed by atoms with Crippen LogP contribution in [0.15, 0.2) is 96.6 Å². The molecule has 6 atom stereocenters. The predicted molar refractivity (Wildman–Crippen MR) is 154 cm³/mol. The van der Waals surface area contributed by atoms with Crippen LogP contribution >= 0.6 is 0 Å². The third kappa shape index (κ3) is 3.59. The molecule has 7 heteroatoms. The number of nitrogens with one attached hydrogen (secondary N) is 1. The number of aromatic hydroxyl groups is 1. The van der Waals surface area contributed by atoms with Gasteiger partial charge in [0.2, 0.25) is 11.8 Å². The van der Waals surface area contributed by atoms with E-state index in [0.29, 0.717) is 34.4 Å². The van der Waals surface area contributed by atoms with E-state index < -0.39 is 35.0 Å². The summed E-state index contributed by atoms with van der Waals surface area (Å²) in [5.41, 5.74) is 1.86. The second-order valence-electron chi connectivity index (χ2n) is 11.6. The van der Waals surface area contributed by atoms with Crippen molar-refractivity contribution < 1.29 is 29.0 Å². The van der Waals surface area contributed by atoms with Gasteiger partial charge in [-0.3, -0.25) is 24.5 Å². The van der Waals surface area contributed by atoms with E-state index in [9.17, 15) is 24.3 Å². The number of hydrogen-bond acceptors (Lipinski definition) is 6. The highest BCUT2D eigenvalue weighted by molar-refractivity contribution is 6.31. The molecule has 3 aromatic rings. The minimum Gasteiger partial charge on any atom is -0.508 e. The van der Waals surface area contributed by atoms with Gasteiger partial charge in [0.15, 0.2) is 11.6 Å². The zero-order valence-corrected chi connectivity index (χ0v) is 22.9. The molecule has 2 fully saturated rings. The molecular formula is C35H29NO6. The topological polar surface area (TPSA) is 110 Å². The fraction of sp³-hybridized carbons (Fsp3) is 0.257. The van der Waals surface area contributed by atoms with Crippen molar-refractivity contribution in [3.05, 3.63) is 113 Å². The minimum absolute atomic E-state index is 0.00373. The lowest BCUT2D eigenvalue weighted by Crippen LogP contribution is -2.58. The van der Waals surface area contributed by atoms with Gasteiger partial charge in [-0.2, -0.15) is 0 Å². The number of carbonyl (C=O) groups is 4. The predicted octanol–water partition coefficient (Wildman–Crippen LogP) is 4.51. The Morgan fingerprint density at radius 3 is 2.31 bits per heavy atom. The molecule has 2 N–H and O–H groups in total. The lowest BCUT2D eigenvalue weighted by Gasteiger charge is -2.55. The number of carbonyl (C=O) groups excluding carboxylic acids is 4. The van der Waals surface area contributed by atoms with Gasteiger partial charge < -0.3 is 9.84 Å². The molecule has 4 aliphatic rings. The molecule has 3 aliphatic carbocycles. The summed E-state index contributed by atoms with van der Waals surface area (Å²) in [6.07, 6.45) is 4.08. The Bertz CT molecular complexity index is 1710. The van der Waals surface area contributed by atoms with Crippen LogP contribution in [0.5, 0.6) is 11.5 Å². The highest BCUT2D eigenvalue weighted by Gasteiger charge is 2.65. The van der Waals surface area contributed by atoms with Gasteiger partial charge in [-0.15, -0.1) is 0 Å². The second-order valence-corrected chi connectivity index (χ2v) is 11.6. The summed E-state index contributed by atoms with van der Waals surface area (Å²) in [5.74, 6) is -3.72. The third-order valence-electron chi connectivity index (χ3n) is 9.75. The molecule has 210 valence electrons. The number of benzene rings is 3. The lowest BCUT2D eigenvalue weighted by molar-refractivity contribution is -0.135. The summed E-state index contributed by atoms with van der Waals surface area (Å²) in [5, 5.41) is 12.9. The molecule has 42 heavy (non-hydrogen) atoms. The first-order chi connectivity index (χ1) is 20.4.